The van der Waals surface area contributed by atoms with Gasteiger partial charge in [-0.1, -0.05) is 6.58 Å². The fraction of sp³-hybridized carbons (Fsp3) is 0.571. The molecule has 0 saturated carbocycles. The van der Waals surface area contributed by atoms with Crippen LogP contribution in [-0.4, -0.2) is 24.1 Å². The summed E-state index contributed by atoms with van der Waals surface area (Å²) in [6.45, 7) is 5.35. The van der Waals surface area contributed by atoms with Crippen molar-refractivity contribution in [2.75, 3.05) is 13.2 Å². The van der Waals surface area contributed by atoms with E-state index >= 15 is 0 Å². The molecule has 1 amide bonds. The van der Waals surface area contributed by atoms with Gasteiger partial charge in [-0.25, -0.2) is 0 Å². The van der Waals surface area contributed by atoms with Gasteiger partial charge in [-0.2, -0.15) is 0 Å². The predicted molar refractivity (Wildman–Crippen MR) is 45.4 cm³/mol. The molecule has 6 nitrogen and oxygen atoms in total. The van der Waals surface area contributed by atoms with E-state index in [9.17, 15) is 14.9 Å². The highest BCUT2D eigenvalue weighted by molar-refractivity contribution is 5.91. The van der Waals surface area contributed by atoms with Crippen LogP contribution >= 0.6 is 0 Å². The Morgan fingerprint density at radius 3 is 2.77 bits per heavy atom. The van der Waals surface area contributed by atoms with E-state index in [0.29, 0.717) is 18.5 Å². The number of carbonyl (C=O) groups is 1. The number of carbonyl (C=O) groups excluding carboxylic acids is 1. The number of hydrogen-bond donors (Lipinski definition) is 1. The van der Waals surface area contributed by atoms with E-state index in [0.717, 1.165) is 0 Å². The summed E-state index contributed by atoms with van der Waals surface area (Å²) < 4.78 is 0. The monoisotopic (exact) mass is 188 g/mol. The van der Waals surface area contributed by atoms with Gasteiger partial charge in [-0.3, -0.25) is 4.79 Å². The largest absolute Gasteiger partial charge is 0.352 e. The van der Waals surface area contributed by atoms with Gasteiger partial charge in [0.05, 0.1) is 6.61 Å². The Bertz CT molecular complexity index is 215. The zero-order valence-corrected chi connectivity index (χ0v) is 7.41. The van der Waals surface area contributed by atoms with Gasteiger partial charge in [-0.15, -0.1) is 10.1 Å². The summed E-state index contributed by atoms with van der Waals surface area (Å²) in [6, 6.07) is 0. The average Bonchev–Trinajstić information content (AvgIpc) is 2.02. The second kappa shape index (κ2) is 5.99. The van der Waals surface area contributed by atoms with Gasteiger partial charge < -0.3 is 10.2 Å². The Balaban J connectivity index is 3.31. The maximum Gasteiger partial charge on any atom is 0.294 e. The van der Waals surface area contributed by atoms with Crippen LogP contribution in [0.5, 0.6) is 0 Å². The second-order valence-electron chi connectivity index (χ2n) is 2.45. The Morgan fingerprint density at radius 1 is 1.69 bits per heavy atom. The Kier molecular flexibility index (Phi) is 5.25. The molecule has 0 aliphatic heterocycles. The van der Waals surface area contributed by atoms with Crippen LogP contribution in [0.4, 0.5) is 0 Å². The van der Waals surface area contributed by atoms with E-state index < -0.39 is 5.09 Å². The summed E-state index contributed by atoms with van der Waals surface area (Å²) in [6.07, 6.45) is 0.403. The maximum absolute atomic E-state index is 10.9. The molecule has 0 aliphatic carbocycles. The van der Waals surface area contributed by atoms with Crippen molar-refractivity contribution in [3.8, 4) is 0 Å². The molecule has 74 valence electrons. The molecule has 0 aromatic rings. The summed E-state index contributed by atoms with van der Waals surface area (Å²) in [5.74, 6) is -0.249. The molecule has 0 radical (unpaired) electrons. The van der Waals surface area contributed by atoms with E-state index in [4.69, 9.17) is 0 Å². The average molecular weight is 188 g/mol. The molecular weight excluding hydrogens is 176 g/mol. The van der Waals surface area contributed by atoms with Crippen LogP contribution in [0.1, 0.15) is 13.3 Å². The van der Waals surface area contributed by atoms with Crippen LogP contribution in [0.25, 0.3) is 0 Å². The Labute approximate surface area is 75.7 Å². The molecular formula is C7H12N2O4. The standard InChI is InChI=1S/C7H12N2O4/c1-6(2)7(10)8-4-3-5-13-9(11)12/h1,3-5H2,2H3,(H,8,10). The second-order valence-corrected chi connectivity index (χ2v) is 2.45. The molecule has 0 rings (SSSR count). The minimum Gasteiger partial charge on any atom is -0.352 e. The highest BCUT2D eigenvalue weighted by Gasteiger charge is 2.00. The first-order chi connectivity index (χ1) is 6.04. The van der Waals surface area contributed by atoms with E-state index in [1.54, 1.807) is 6.92 Å². The minimum atomic E-state index is -0.861. The van der Waals surface area contributed by atoms with Crippen molar-refractivity contribution in [3.05, 3.63) is 22.3 Å². The third-order valence-electron chi connectivity index (χ3n) is 1.19. The van der Waals surface area contributed by atoms with E-state index in [2.05, 4.69) is 16.7 Å². The van der Waals surface area contributed by atoms with E-state index in [-0.39, 0.29) is 12.5 Å². The topological polar surface area (TPSA) is 81.5 Å². The van der Waals surface area contributed by atoms with Gasteiger partial charge in [-0.05, 0) is 13.3 Å². The summed E-state index contributed by atoms with van der Waals surface area (Å²) in [4.78, 5) is 24.6. The normalized spacial score (nSPS) is 9.00. The van der Waals surface area contributed by atoms with Crippen molar-refractivity contribution in [2.45, 2.75) is 13.3 Å². The summed E-state index contributed by atoms with van der Waals surface area (Å²) in [5.41, 5.74) is 0.412. The fourth-order valence-electron chi connectivity index (χ4n) is 0.564. The molecule has 0 aromatic carbocycles. The van der Waals surface area contributed by atoms with Gasteiger partial charge >= 0.3 is 0 Å². The lowest BCUT2D eigenvalue weighted by Gasteiger charge is -2.02. The van der Waals surface area contributed by atoms with E-state index in [1.165, 1.54) is 0 Å². The van der Waals surface area contributed by atoms with Crippen molar-refractivity contribution in [2.24, 2.45) is 0 Å². The Hall–Kier alpha value is -1.59. The van der Waals surface area contributed by atoms with Crippen molar-refractivity contribution < 1.29 is 14.7 Å². The third-order valence-corrected chi connectivity index (χ3v) is 1.19. The van der Waals surface area contributed by atoms with Crippen LogP contribution in [0.2, 0.25) is 0 Å². The Morgan fingerprint density at radius 2 is 2.31 bits per heavy atom. The fourth-order valence-corrected chi connectivity index (χ4v) is 0.564. The van der Waals surface area contributed by atoms with Crippen LogP contribution < -0.4 is 5.32 Å². The first kappa shape index (κ1) is 11.4. The number of rotatable bonds is 6. The van der Waals surface area contributed by atoms with Gasteiger partial charge in [0.15, 0.2) is 0 Å². The molecule has 0 aromatic heterocycles. The number of hydrogen-bond acceptors (Lipinski definition) is 4. The first-order valence-corrected chi connectivity index (χ1v) is 3.75. The van der Waals surface area contributed by atoms with Crippen LogP contribution in [0, 0.1) is 10.1 Å². The molecule has 0 aliphatic rings. The lowest BCUT2D eigenvalue weighted by atomic mass is 10.3. The quantitative estimate of drug-likeness (QED) is 0.281. The molecule has 1 N–H and O–H groups in total. The van der Waals surface area contributed by atoms with Crippen molar-refractivity contribution in [1.82, 2.24) is 5.32 Å². The van der Waals surface area contributed by atoms with Crippen molar-refractivity contribution in [3.63, 3.8) is 0 Å². The molecule has 0 bridgehead atoms. The lowest BCUT2D eigenvalue weighted by Crippen LogP contribution is -2.25. The molecule has 13 heavy (non-hydrogen) atoms. The van der Waals surface area contributed by atoms with Gasteiger partial charge in [0.25, 0.3) is 5.09 Å². The van der Waals surface area contributed by atoms with Crippen LogP contribution in [0.15, 0.2) is 12.2 Å². The third kappa shape index (κ3) is 6.79. The smallest absolute Gasteiger partial charge is 0.294 e. The first-order valence-electron chi connectivity index (χ1n) is 3.75. The SMILES string of the molecule is C=C(C)C(=O)NCCCO[N+](=O)[O-]. The van der Waals surface area contributed by atoms with Gasteiger partial charge in [0.1, 0.15) is 0 Å². The van der Waals surface area contributed by atoms with Crippen molar-refractivity contribution >= 4 is 5.91 Å². The molecule has 0 heterocycles. The highest BCUT2D eigenvalue weighted by atomic mass is 16.9. The zero-order valence-electron chi connectivity index (χ0n) is 7.41. The molecule has 0 unspecified atom stereocenters. The number of nitrogens with one attached hydrogen (secondary N) is 1. The summed E-state index contributed by atoms with van der Waals surface area (Å²) in [5, 5.41) is 11.3. The number of amides is 1. The predicted octanol–water partition coefficient (Wildman–Crippen LogP) is 0.277. The molecule has 0 spiro atoms. The number of nitrogens with zero attached hydrogens (tertiary/aromatic N) is 1. The summed E-state index contributed by atoms with van der Waals surface area (Å²) >= 11 is 0. The molecule has 0 atom stereocenters. The molecule has 0 saturated heterocycles. The van der Waals surface area contributed by atoms with Gasteiger partial charge in [0.2, 0.25) is 5.91 Å². The summed E-state index contributed by atoms with van der Waals surface area (Å²) in [7, 11) is 0. The lowest BCUT2D eigenvalue weighted by molar-refractivity contribution is -0.757. The van der Waals surface area contributed by atoms with E-state index in [1.807, 2.05) is 0 Å². The van der Waals surface area contributed by atoms with Crippen molar-refractivity contribution in [1.29, 1.82) is 0 Å². The van der Waals surface area contributed by atoms with Gasteiger partial charge in [0, 0.05) is 12.1 Å². The van der Waals surface area contributed by atoms with Crippen LogP contribution in [0.3, 0.4) is 0 Å². The molecule has 6 heteroatoms. The zero-order chi connectivity index (χ0) is 10.3. The minimum absolute atomic E-state index is 0.0104. The van der Waals surface area contributed by atoms with Crippen LogP contribution in [-0.2, 0) is 9.63 Å². The maximum atomic E-state index is 10.9. The highest BCUT2D eigenvalue weighted by Crippen LogP contribution is 1.86. The molecule has 0 fully saturated rings.